The van der Waals surface area contributed by atoms with Crippen LogP contribution in [-0.4, -0.2) is 58.4 Å². The summed E-state index contributed by atoms with van der Waals surface area (Å²) in [6.45, 7) is 6.97. The second-order valence-electron chi connectivity index (χ2n) is 7.31. The predicted octanol–water partition coefficient (Wildman–Crippen LogP) is 4.34. The zero-order chi connectivity index (χ0) is 27.8. The van der Waals surface area contributed by atoms with Gasteiger partial charge in [0.25, 0.3) is 0 Å². The number of imidazole rings is 1. The maximum absolute atomic E-state index is 14.6. The van der Waals surface area contributed by atoms with Gasteiger partial charge in [0.15, 0.2) is 11.6 Å². The quantitative estimate of drug-likeness (QED) is 0.435. The number of hydrogen-bond donors (Lipinski definition) is 3. The first-order chi connectivity index (χ1) is 18.0. The van der Waals surface area contributed by atoms with Gasteiger partial charge in [0.1, 0.15) is 18.0 Å². The highest BCUT2D eigenvalue weighted by atomic mass is 19.2. The van der Waals surface area contributed by atoms with E-state index in [1.165, 1.54) is 12.1 Å². The average Bonchev–Trinajstić information content (AvgIpc) is 3.64. The minimum Gasteiger partial charge on any atom is -0.485 e. The van der Waals surface area contributed by atoms with Crippen LogP contribution in [0.15, 0.2) is 48.8 Å². The van der Waals surface area contributed by atoms with Crippen LogP contribution in [0.4, 0.5) is 8.78 Å². The molecule has 9 heteroatoms. The molecule has 1 unspecified atom stereocenters. The second-order valence-corrected chi connectivity index (χ2v) is 7.31. The standard InChI is InChI=1S/C24H22F2N2O3.C2H6.2CH4O/c1-16(29)24-27-11-13-28(24)12-2-3-17-4-6-18(7-5-17)20-8-9-21(23(26)22(20)25)31-19-10-14-30-15-19;3*1-2/h4-9,11,13,16,19,29H,10,12,14-15H2,1H3;1-2H3;2*2H,1H3/t16?,19-;;;/m0.../s1. The lowest BCUT2D eigenvalue weighted by Crippen LogP contribution is -2.16. The van der Waals surface area contributed by atoms with Crippen LogP contribution in [0.2, 0.25) is 0 Å². The molecule has 0 saturated carbocycles. The van der Waals surface area contributed by atoms with Gasteiger partial charge in [-0.25, -0.2) is 9.37 Å². The fourth-order valence-electron chi connectivity index (χ4n) is 3.41. The Kier molecular flexibility index (Phi) is 14.8. The van der Waals surface area contributed by atoms with Crippen molar-refractivity contribution in [2.75, 3.05) is 27.4 Å². The highest BCUT2D eigenvalue weighted by molar-refractivity contribution is 5.66. The molecular formula is C28H36F2N2O5. The lowest BCUT2D eigenvalue weighted by atomic mass is 10.0. The number of aliphatic hydroxyl groups is 3. The number of nitrogens with zero attached hydrogens (tertiary/aromatic N) is 2. The molecule has 0 aliphatic carbocycles. The molecule has 3 aromatic rings. The minimum absolute atomic E-state index is 0.102. The van der Waals surface area contributed by atoms with Gasteiger partial charge < -0.3 is 29.4 Å². The fourth-order valence-corrected chi connectivity index (χ4v) is 3.41. The Hall–Kier alpha value is -3.29. The Balaban J connectivity index is 0.00000106. The first kappa shape index (κ1) is 31.7. The van der Waals surface area contributed by atoms with E-state index in [-0.39, 0.29) is 17.4 Å². The first-order valence-electron chi connectivity index (χ1n) is 11.9. The number of rotatable bonds is 5. The van der Waals surface area contributed by atoms with Gasteiger partial charge in [0.2, 0.25) is 5.82 Å². The molecule has 1 saturated heterocycles. The average molecular weight is 519 g/mol. The Bertz CT molecular complexity index is 1120. The molecule has 0 bridgehead atoms. The third kappa shape index (κ3) is 8.95. The number of aliphatic hydroxyl groups excluding tert-OH is 3. The summed E-state index contributed by atoms with van der Waals surface area (Å²) in [4.78, 5) is 4.10. The fraction of sp³-hybridized carbons (Fsp3) is 0.393. The smallest absolute Gasteiger partial charge is 0.201 e. The van der Waals surface area contributed by atoms with Crippen molar-refractivity contribution >= 4 is 0 Å². The topological polar surface area (TPSA) is 97.0 Å². The molecule has 2 atom stereocenters. The van der Waals surface area contributed by atoms with Gasteiger partial charge in [0, 0.05) is 44.2 Å². The largest absolute Gasteiger partial charge is 0.485 e. The van der Waals surface area contributed by atoms with E-state index in [9.17, 15) is 13.9 Å². The minimum atomic E-state index is -0.998. The summed E-state index contributed by atoms with van der Waals surface area (Å²) in [6, 6.07) is 9.87. The van der Waals surface area contributed by atoms with Crippen LogP contribution >= 0.6 is 0 Å². The van der Waals surface area contributed by atoms with Crippen LogP contribution in [0.25, 0.3) is 11.1 Å². The number of hydrogen-bond acceptors (Lipinski definition) is 6. The molecule has 1 aromatic heterocycles. The molecule has 0 amide bonds. The number of ether oxygens (including phenoxy) is 2. The van der Waals surface area contributed by atoms with E-state index in [0.29, 0.717) is 37.6 Å². The SMILES string of the molecule is CC.CC(O)c1nccn1CC#Cc1ccc(-c2ccc(O[C@H]3CCOC3)c(F)c2F)cc1.CO.CO. The summed E-state index contributed by atoms with van der Waals surface area (Å²) in [5.41, 5.74) is 1.44. The lowest BCUT2D eigenvalue weighted by Gasteiger charge is -2.14. The molecule has 7 nitrogen and oxygen atoms in total. The van der Waals surface area contributed by atoms with Gasteiger partial charge in [-0.3, -0.25) is 0 Å². The predicted molar refractivity (Wildman–Crippen MR) is 139 cm³/mol. The summed E-state index contributed by atoms with van der Waals surface area (Å²) < 4.78 is 41.6. The molecule has 2 aromatic carbocycles. The van der Waals surface area contributed by atoms with Gasteiger partial charge in [0.05, 0.1) is 19.8 Å². The number of aromatic nitrogens is 2. The molecule has 0 radical (unpaired) electrons. The molecule has 4 rings (SSSR count). The zero-order valence-electron chi connectivity index (χ0n) is 21.9. The van der Waals surface area contributed by atoms with Crippen LogP contribution in [0.1, 0.15) is 44.7 Å². The maximum Gasteiger partial charge on any atom is 0.201 e. The van der Waals surface area contributed by atoms with Gasteiger partial charge >= 0.3 is 0 Å². The first-order valence-corrected chi connectivity index (χ1v) is 11.9. The van der Waals surface area contributed by atoms with Crippen molar-refractivity contribution < 1.29 is 33.6 Å². The molecule has 202 valence electrons. The molecule has 0 spiro atoms. The van der Waals surface area contributed by atoms with Crippen molar-refractivity contribution in [2.24, 2.45) is 0 Å². The Morgan fingerprint density at radius 2 is 1.76 bits per heavy atom. The van der Waals surface area contributed by atoms with E-state index in [1.54, 1.807) is 48.1 Å². The maximum atomic E-state index is 14.6. The monoisotopic (exact) mass is 518 g/mol. The normalized spacial score (nSPS) is 14.4. The van der Waals surface area contributed by atoms with Crippen LogP contribution in [0.3, 0.4) is 0 Å². The molecule has 37 heavy (non-hydrogen) atoms. The van der Waals surface area contributed by atoms with Crippen LogP contribution in [0, 0.1) is 23.5 Å². The van der Waals surface area contributed by atoms with E-state index in [4.69, 9.17) is 19.7 Å². The van der Waals surface area contributed by atoms with Crippen LogP contribution in [0.5, 0.6) is 5.75 Å². The van der Waals surface area contributed by atoms with E-state index in [2.05, 4.69) is 16.8 Å². The molecule has 3 N–H and O–H groups in total. The van der Waals surface area contributed by atoms with E-state index in [0.717, 1.165) is 19.8 Å². The summed E-state index contributed by atoms with van der Waals surface area (Å²) in [6.07, 6.45) is 3.10. The molecule has 1 aliphatic heterocycles. The Morgan fingerprint density at radius 3 is 2.35 bits per heavy atom. The van der Waals surface area contributed by atoms with Crippen molar-refractivity contribution in [3.05, 3.63) is 71.8 Å². The summed E-state index contributed by atoms with van der Waals surface area (Å²) in [7, 11) is 2.00. The second kappa shape index (κ2) is 17.2. The summed E-state index contributed by atoms with van der Waals surface area (Å²) in [5, 5.41) is 23.7. The number of benzene rings is 2. The Labute approximate surface area is 217 Å². The summed E-state index contributed by atoms with van der Waals surface area (Å²) in [5.74, 6) is 4.55. The van der Waals surface area contributed by atoms with E-state index in [1.807, 2.05) is 13.8 Å². The van der Waals surface area contributed by atoms with Crippen LogP contribution < -0.4 is 4.74 Å². The third-order valence-corrected chi connectivity index (χ3v) is 5.03. The molecule has 2 heterocycles. The highest BCUT2D eigenvalue weighted by Gasteiger charge is 2.22. The summed E-state index contributed by atoms with van der Waals surface area (Å²) >= 11 is 0. The van der Waals surface area contributed by atoms with Crippen LogP contribution in [-0.2, 0) is 11.3 Å². The van der Waals surface area contributed by atoms with Gasteiger partial charge in [-0.15, -0.1) is 0 Å². The van der Waals surface area contributed by atoms with Crippen molar-refractivity contribution in [2.45, 2.75) is 45.9 Å². The van der Waals surface area contributed by atoms with Crippen molar-refractivity contribution in [3.63, 3.8) is 0 Å². The number of halogens is 2. The van der Waals surface area contributed by atoms with Gasteiger partial charge in [-0.05, 0) is 36.8 Å². The molecular weight excluding hydrogens is 482 g/mol. The zero-order valence-corrected chi connectivity index (χ0v) is 21.9. The van der Waals surface area contributed by atoms with E-state index >= 15 is 0 Å². The lowest BCUT2D eigenvalue weighted by molar-refractivity contribution is 0.137. The highest BCUT2D eigenvalue weighted by Crippen LogP contribution is 2.31. The molecule has 1 aliphatic rings. The van der Waals surface area contributed by atoms with Crippen molar-refractivity contribution in [1.29, 1.82) is 0 Å². The van der Waals surface area contributed by atoms with E-state index < -0.39 is 17.7 Å². The van der Waals surface area contributed by atoms with Crippen molar-refractivity contribution in [1.82, 2.24) is 9.55 Å². The van der Waals surface area contributed by atoms with Gasteiger partial charge in [-0.1, -0.05) is 37.8 Å². The third-order valence-electron chi connectivity index (χ3n) is 5.03. The Morgan fingerprint density at radius 1 is 1.08 bits per heavy atom. The molecule has 1 fully saturated rings. The van der Waals surface area contributed by atoms with Gasteiger partial charge in [-0.2, -0.15) is 4.39 Å². The van der Waals surface area contributed by atoms with Crippen molar-refractivity contribution in [3.8, 4) is 28.7 Å².